The molecular formula is C13H17N3O2S. The second-order valence-corrected chi connectivity index (χ2v) is 5.67. The number of hydrogen-bond donors (Lipinski definition) is 3. The second-order valence-electron chi connectivity index (χ2n) is 4.62. The first-order chi connectivity index (χ1) is 9.04. The molecule has 0 bridgehead atoms. The number of carbonyl (C=O) groups excluding carboxylic acids is 1. The molecule has 0 aromatic carbocycles. The minimum absolute atomic E-state index is 0.00215. The minimum atomic E-state index is -0.215. The quantitative estimate of drug-likeness (QED) is 0.793. The van der Waals surface area contributed by atoms with E-state index in [1.165, 1.54) is 11.3 Å². The van der Waals surface area contributed by atoms with E-state index < -0.39 is 0 Å². The van der Waals surface area contributed by atoms with E-state index in [9.17, 15) is 4.79 Å². The molecule has 0 fully saturated rings. The second kappa shape index (κ2) is 5.54. The molecular weight excluding hydrogens is 262 g/mol. The van der Waals surface area contributed by atoms with E-state index in [0.29, 0.717) is 16.1 Å². The summed E-state index contributed by atoms with van der Waals surface area (Å²) < 4.78 is 0.896. The Labute approximate surface area is 115 Å². The van der Waals surface area contributed by atoms with Crippen molar-refractivity contribution in [2.24, 2.45) is 5.92 Å². The lowest BCUT2D eigenvalue weighted by Gasteiger charge is -2.18. The van der Waals surface area contributed by atoms with E-state index in [1.807, 2.05) is 26.0 Å². The van der Waals surface area contributed by atoms with E-state index in [-0.39, 0.29) is 24.5 Å². The van der Waals surface area contributed by atoms with Gasteiger partial charge in [-0.25, -0.2) is 0 Å². The van der Waals surface area contributed by atoms with Crippen LogP contribution in [0.2, 0.25) is 0 Å². The number of aromatic nitrogens is 1. The van der Waals surface area contributed by atoms with Gasteiger partial charge in [0.1, 0.15) is 10.4 Å². The number of nitrogens with two attached hydrogens (primary N) is 1. The summed E-state index contributed by atoms with van der Waals surface area (Å²) in [6.07, 6.45) is 1.66. The first-order valence-corrected chi connectivity index (χ1v) is 6.91. The van der Waals surface area contributed by atoms with Gasteiger partial charge >= 0.3 is 0 Å². The number of nitrogens with zero attached hydrogens (tertiary/aromatic N) is 1. The number of pyridine rings is 1. The van der Waals surface area contributed by atoms with Crippen LogP contribution < -0.4 is 11.1 Å². The highest BCUT2D eigenvalue weighted by Gasteiger charge is 2.20. The van der Waals surface area contributed by atoms with Gasteiger partial charge in [0.2, 0.25) is 0 Å². The molecule has 1 amide bonds. The zero-order valence-electron chi connectivity index (χ0n) is 10.9. The van der Waals surface area contributed by atoms with E-state index in [0.717, 1.165) is 4.70 Å². The number of rotatable bonds is 4. The minimum Gasteiger partial charge on any atom is -0.396 e. The number of nitrogen functional groups attached to an aromatic ring is 1. The van der Waals surface area contributed by atoms with Crippen molar-refractivity contribution in [1.29, 1.82) is 0 Å². The van der Waals surface area contributed by atoms with Crippen molar-refractivity contribution >= 4 is 33.1 Å². The average molecular weight is 279 g/mol. The zero-order valence-corrected chi connectivity index (χ0v) is 11.7. The summed E-state index contributed by atoms with van der Waals surface area (Å²) >= 11 is 1.33. The van der Waals surface area contributed by atoms with Gasteiger partial charge in [-0.15, -0.1) is 11.3 Å². The van der Waals surface area contributed by atoms with Crippen molar-refractivity contribution in [3.63, 3.8) is 0 Å². The Balaban J connectivity index is 2.24. The van der Waals surface area contributed by atoms with E-state index in [2.05, 4.69) is 10.3 Å². The van der Waals surface area contributed by atoms with Gasteiger partial charge in [0.25, 0.3) is 5.91 Å². The molecule has 0 aliphatic rings. The van der Waals surface area contributed by atoms with Crippen LogP contribution in [0.15, 0.2) is 18.3 Å². The van der Waals surface area contributed by atoms with Crippen molar-refractivity contribution in [2.75, 3.05) is 12.3 Å². The highest BCUT2D eigenvalue weighted by molar-refractivity contribution is 7.21. The van der Waals surface area contributed by atoms with Crippen LogP contribution in [0.25, 0.3) is 10.2 Å². The smallest absolute Gasteiger partial charge is 0.263 e. The molecule has 2 unspecified atom stereocenters. The number of fused-ring (bicyclic) bond motifs is 1. The van der Waals surface area contributed by atoms with E-state index >= 15 is 0 Å². The van der Waals surface area contributed by atoms with Crippen molar-refractivity contribution < 1.29 is 9.90 Å². The predicted molar refractivity (Wildman–Crippen MR) is 77.2 cm³/mol. The lowest BCUT2D eigenvalue weighted by Crippen LogP contribution is -2.38. The number of nitrogens with one attached hydrogen (secondary N) is 1. The fourth-order valence-electron chi connectivity index (χ4n) is 1.69. The molecule has 0 saturated heterocycles. The molecule has 0 aliphatic carbocycles. The molecule has 2 heterocycles. The van der Waals surface area contributed by atoms with Crippen LogP contribution in [0.4, 0.5) is 5.69 Å². The summed E-state index contributed by atoms with van der Waals surface area (Å²) in [5.74, 6) is -0.217. The third-order valence-corrected chi connectivity index (χ3v) is 4.35. The zero-order chi connectivity index (χ0) is 14.0. The van der Waals surface area contributed by atoms with E-state index in [1.54, 1.807) is 6.20 Å². The maximum Gasteiger partial charge on any atom is 0.263 e. The number of amides is 1. The summed E-state index contributed by atoms with van der Waals surface area (Å²) in [7, 11) is 0. The average Bonchev–Trinajstić information content (AvgIpc) is 2.75. The van der Waals surface area contributed by atoms with Gasteiger partial charge in [0.15, 0.2) is 0 Å². The SMILES string of the molecule is CC(CO)C(C)NC(=O)c1sc2cccnc2c1N. The van der Waals surface area contributed by atoms with Crippen LogP contribution in [0.1, 0.15) is 23.5 Å². The Morgan fingerprint density at radius 3 is 2.95 bits per heavy atom. The molecule has 2 aromatic rings. The molecule has 102 valence electrons. The molecule has 0 aliphatic heterocycles. The lowest BCUT2D eigenvalue weighted by atomic mass is 10.1. The molecule has 2 atom stereocenters. The van der Waals surface area contributed by atoms with Crippen LogP contribution in [0, 0.1) is 5.92 Å². The fourth-order valence-corrected chi connectivity index (χ4v) is 2.67. The maximum absolute atomic E-state index is 12.2. The molecule has 5 nitrogen and oxygen atoms in total. The largest absolute Gasteiger partial charge is 0.396 e. The number of thiophene rings is 1. The number of hydrogen-bond acceptors (Lipinski definition) is 5. The molecule has 4 N–H and O–H groups in total. The normalized spacial score (nSPS) is 14.3. The van der Waals surface area contributed by atoms with Crippen molar-refractivity contribution in [3.05, 3.63) is 23.2 Å². The Morgan fingerprint density at radius 2 is 2.32 bits per heavy atom. The molecule has 0 spiro atoms. The van der Waals surface area contributed by atoms with Crippen LogP contribution in [0.5, 0.6) is 0 Å². The topological polar surface area (TPSA) is 88.2 Å². The maximum atomic E-state index is 12.2. The Kier molecular flexibility index (Phi) is 4.01. The Bertz CT molecular complexity index is 597. The molecule has 2 aromatic heterocycles. The van der Waals surface area contributed by atoms with Crippen LogP contribution >= 0.6 is 11.3 Å². The first-order valence-electron chi connectivity index (χ1n) is 6.09. The number of carbonyl (C=O) groups is 1. The number of anilines is 1. The van der Waals surface area contributed by atoms with Gasteiger partial charge in [-0.1, -0.05) is 6.92 Å². The summed E-state index contributed by atoms with van der Waals surface area (Å²) in [4.78, 5) is 16.8. The predicted octanol–water partition coefficient (Wildman–Crippen LogP) is 1.63. The van der Waals surface area contributed by atoms with E-state index in [4.69, 9.17) is 10.8 Å². The Morgan fingerprint density at radius 1 is 1.58 bits per heavy atom. The summed E-state index contributed by atoms with van der Waals surface area (Å²) in [6.45, 7) is 3.77. The van der Waals surface area contributed by atoms with Crippen molar-refractivity contribution in [2.45, 2.75) is 19.9 Å². The van der Waals surface area contributed by atoms with Gasteiger partial charge in [0.05, 0.1) is 10.4 Å². The van der Waals surface area contributed by atoms with Gasteiger partial charge in [0, 0.05) is 18.8 Å². The molecule has 0 radical (unpaired) electrons. The molecule has 6 heteroatoms. The fraction of sp³-hybridized carbons (Fsp3) is 0.385. The summed E-state index contributed by atoms with van der Waals surface area (Å²) in [6, 6.07) is 3.59. The Hall–Kier alpha value is -1.66. The summed E-state index contributed by atoms with van der Waals surface area (Å²) in [5, 5.41) is 11.9. The number of aliphatic hydroxyl groups is 1. The van der Waals surface area contributed by atoms with Gasteiger partial charge in [-0.2, -0.15) is 0 Å². The highest BCUT2D eigenvalue weighted by atomic mass is 32.1. The standard InChI is InChI=1S/C13H17N3O2S/c1-7(6-17)8(2)16-13(18)12-10(14)11-9(19-12)4-3-5-15-11/h3-5,7-8,17H,6,14H2,1-2H3,(H,16,18). The van der Waals surface area contributed by atoms with Gasteiger partial charge in [-0.05, 0) is 25.0 Å². The van der Waals surface area contributed by atoms with Crippen molar-refractivity contribution in [1.82, 2.24) is 10.3 Å². The molecule has 0 saturated carbocycles. The van der Waals surface area contributed by atoms with Crippen molar-refractivity contribution in [3.8, 4) is 0 Å². The van der Waals surface area contributed by atoms with Gasteiger partial charge in [-0.3, -0.25) is 9.78 Å². The third kappa shape index (κ3) is 2.69. The van der Waals surface area contributed by atoms with Crippen LogP contribution in [-0.2, 0) is 0 Å². The summed E-state index contributed by atoms with van der Waals surface area (Å²) in [5.41, 5.74) is 7.05. The first kappa shape index (κ1) is 13.8. The monoisotopic (exact) mass is 279 g/mol. The highest BCUT2D eigenvalue weighted by Crippen LogP contribution is 2.31. The van der Waals surface area contributed by atoms with Gasteiger partial charge < -0.3 is 16.2 Å². The number of aliphatic hydroxyl groups excluding tert-OH is 1. The third-order valence-electron chi connectivity index (χ3n) is 3.19. The lowest BCUT2D eigenvalue weighted by molar-refractivity contribution is 0.0921. The van der Waals surface area contributed by atoms with Crippen LogP contribution in [0.3, 0.4) is 0 Å². The van der Waals surface area contributed by atoms with Crippen LogP contribution in [-0.4, -0.2) is 28.6 Å². The molecule has 19 heavy (non-hydrogen) atoms. The molecule has 2 rings (SSSR count).